The fraction of sp³-hybridized carbons (Fsp3) is 0.143. The van der Waals surface area contributed by atoms with Gasteiger partial charge in [-0.05, 0) is 18.2 Å². The number of hydrogen-bond donors (Lipinski definition) is 0. The smallest absolute Gasteiger partial charge is 0.465 e. The van der Waals surface area contributed by atoms with Crippen LogP contribution in [0.4, 0.5) is 17.6 Å². The molecule has 0 fully saturated rings. The molecule has 0 saturated heterocycles. The molecular formula is C14H7F4NO5S. The van der Waals surface area contributed by atoms with E-state index in [2.05, 4.69) is 8.92 Å². The summed E-state index contributed by atoms with van der Waals surface area (Å²) < 4.78 is 82.2. The number of alkyl halides is 3. The van der Waals surface area contributed by atoms with Crippen molar-refractivity contribution in [2.45, 2.75) is 5.51 Å². The average molecular weight is 377 g/mol. The van der Waals surface area contributed by atoms with E-state index in [4.69, 9.17) is 5.26 Å². The molecule has 0 unspecified atom stereocenters. The van der Waals surface area contributed by atoms with Crippen LogP contribution in [0, 0.1) is 17.1 Å². The quantitative estimate of drug-likeness (QED) is 0.353. The van der Waals surface area contributed by atoms with Crippen molar-refractivity contribution in [1.82, 2.24) is 0 Å². The molecule has 0 aliphatic rings. The van der Waals surface area contributed by atoms with Crippen molar-refractivity contribution in [3.05, 3.63) is 41.2 Å². The van der Waals surface area contributed by atoms with Crippen LogP contribution >= 0.6 is 0 Å². The summed E-state index contributed by atoms with van der Waals surface area (Å²) in [4.78, 5) is 11.5. The molecular weight excluding hydrogens is 370 g/mol. The monoisotopic (exact) mass is 377 g/mol. The highest BCUT2D eigenvalue weighted by molar-refractivity contribution is 7.88. The van der Waals surface area contributed by atoms with E-state index in [1.54, 1.807) is 6.07 Å². The normalized spacial score (nSPS) is 11.8. The summed E-state index contributed by atoms with van der Waals surface area (Å²) in [7, 11) is -5.13. The van der Waals surface area contributed by atoms with Gasteiger partial charge in [0, 0.05) is 10.8 Å². The van der Waals surface area contributed by atoms with Crippen molar-refractivity contribution in [2.24, 2.45) is 0 Å². The summed E-state index contributed by atoms with van der Waals surface area (Å²) in [5.74, 6) is -3.70. The van der Waals surface area contributed by atoms with Crippen molar-refractivity contribution in [1.29, 1.82) is 5.26 Å². The molecule has 2 aromatic carbocycles. The van der Waals surface area contributed by atoms with E-state index in [1.165, 1.54) is 6.07 Å². The first-order valence-electron chi connectivity index (χ1n) is 6.27. The second-order valence-electron chi connectivity index (χ2n) is 4.58. The molecule has 2 rings (SSSR count). The lowest BCUT2D eigenvalue weighted by molar-refractivity contribution is -0.0500. The third-order valence-electron chi connectivity index (χ3n) is 3.06. The highest BCUT2D eigenvalue weighted by Gasteiger charge is 2.49. The number of rotatable bonds is 3. The molecule has 0 heterocycles. The zero-order valence-corrected chi connectivity index (χ0v) is 13.0. The van der Waals surface area contributed by atoms with E-state index in [0.717, 1.165) is 19.2 Å². The van der Waals surface area contributed by atoms with Crippen LogP contribution in [-0.2, 0) is 14.9 Å². The third-order valence-corrected chi connectivity index (χ3v) is 4.01. The first-order valence-corrected chi connectivity index (χ1v) is 7.68. The number of carbonyl (C=O) groups is 1. The van der Waals surface area contributed by atoms with Gasteiger partial charge in [0.1, 0.15) is 0 Å². The van der Waals surface area contributed by atoms with Gasteiger partial charge in [0.25, 0.3) is 0 Å². The van der Waals surface area contributed by atoms with Crippen LogP contribution in [0.2, 0.25) is 0 Å². The Labute approximate surface area is 138 Å². The Morgan fingerprint density at radius 1 is 1.20 bits per heavy atom. The number of benzene rings is 2. The first-order chi connectivity index (χ1) is 11.5. The summed E-state index contributed by atoms with van der Waals surface area (Å²) in [5.41, 5.74) is -6.29. The molecule has 0 atom stereocenters. The van der Waals surface area contributed by atoms with Gasteiger partial charge in [-0.15, -0.1) is 0 Å². The Morgan fingerprint density at radius 3 is 2.36 bits per heavy atom. The molecule has 0 saturated carbocycles. The summed E-state index contributed by atoms with van der Waals surface area (Å²) in [5, 5.41) is 8.38. The minimum absolute atomic E-state index is 0.107. The second-order valence-corrected chi connectivity index (χ2v) is 6.12. The van der Waals surface area contributed by atoms with E-state index in [1.807, 2.05) is 0 Å². The van der Waals surface area contributed by atoms with E-state index in [-0.39, 0.29) is 16.5 Å². The van der Waals surface area contributed by atoms with Crippen LogP contribution in [0.5, 0.6) is 5.75 Å². The topological polar surface area (TPSA) is 93.5 Å². The maximum atomic E-state index is 14.1. The van der Waals surface area contributed by atoms with E-state index < -0.39 is 38.5 Å². The van der Waals surface area contributed by atoms with Crippen molar-refractivity contribution < 1.29 is 39.7 Å². The van der Waals surface area contributed by atoms with Gasteiger partial charge in [-0.1, -0.05) is 6.07 Å². The van der Waals surface area contributed by atoms with Crippen LogP contribution in [0.15, 0.2) is 24.3 Å². The lowest BCUT2D eigenvalue weighted by Gasteiger charge is -2.13. The molecule has 2 aromatic rings. The number of halogens is 4. The molecule has 0 N–H and O–H groups in total. The Kier molecular flexibility index (Phi) is 4.59. The average Bonchev–Trinajstić information content (AvgIpc) is 2.54. The molecule has 6 nitrogen and oxygen atoms in total. The number of nitriles is 1. The molecule has 0 aromatic heterocycles. The van der Waals surface area contributed by atoms with Crippen LogP contribution < -0.4 is 4.18 Å². The van der Waals surface area contributed by atoms with Crippen LogP contribution in [0.1, 0.15) is 15.9 Å². The summed E-state index contributed by atoms with van der Waals surface area (Å²) >= 11 is 0. The standard InChI is InChI=1S/C14H7F4NO5S/c1-23-13(20)7-2-3-9-8(6-19)5-11(15)12(10(9)4-7)24-25(21,22)14(16,17)18/h2-5H,1H3. The van der Waals surface area contributed by atoms with E-state index in [9.17, 15) is 30.8 Å². The molecule has 0 amide bonds. The van der Waals surface area contributed by atoms with Gasteiger partial charge in [0.15, 0.2) is 11.6 Å². The van der Waals surface area contributed by atoms with Crippen molar-refractivity contribution in [3.8, 4) is 11.8 Å². The summed E-state index contributed by atoms with van der Waals surface area (Å²) in [6, 6.07) is 5.31. The minimum Gasteiger partial charge on any atom is -0.465 e. The van der Waals surface area contributed by atoms with Crippen molar-refractivity contribution in [2.75, 3.05) is 7.11 Å². The number of nitrogens with zero attached hydrogens (tertiary/aromatic N) is 1. The third kappa shape index (κ3) is 3.34. The number of carbonyl (C=O) groups excluding carboxylic acids is 1. The Hall–Kier alpha value is -2.87. The SMILES string of the molecule is COC(=O)c1ccc2c(C#N)cc(F)c(OS(=O)(=O)C(F)(F)F)c2c1. The summed E-state index contributed by atoms with van der Waals surface area (Å²) in [6.45, 7) is 0. The lowest BCUT2D eigenvalue weighted by Crippen LogP contribution is -2.28. The molecule has 25 heavy (non-hydrogen) atoms. The Balaban J connectivity index is 2.81. The minimum atomic E-state index is -6.16. The van der Waals surface area contributed by atoms with Crippen LogP contribution in [-0.4, -0.2) is 27.0 Å². The number of esters is 1. The molecule has 0 spiro atoms. The van der Waals surface area contributed by atoms with Crippen molar-refractivity contribution in [3.63, 3.8) is 0 Å². The van der Waals surface area contributed by atoms with E-state index in [0.29, 0.717) is 6.07 Å². The largest absolute Gasteiger partial charge is 0.534 e. The fourth-order valence-corrected chi connectivity index (χ4v) is 2.43. The predicted octanol–water partition coefficient (Wildman–Crippen LogP) is 2.87. The van der Waals surface area contributed by atoms with Gasteiger partial charge < -0.3 is 8.92 Å². The summed E-state index contributed by atoms with van der Waals surface area (Å²) in [6.07, 6.45) is 0. The van der Waals surface area contributed by atoms with Gasteiger partial charge in [0.05, 0.1) is 24.3 Å². The Morgan fingerprint density at radius 2 is 1.84 bits per heavy atom. The maximum absolute atomic E-state index is 14.1. The molecule has 0 radical (unpaired) electrons. The number of ether oxygens (including phenoxy) is 1. The molecule has 11 heteroatoms. The predicted molar refractivity (Wildman–Crippen MR) is 75.6 cm³/mol. The van der Waals surface area contributed by atoms with Crippen LogP contribution in [0.3, 0.4) is 0 Å². The number of hydrogen-bond acceptors (Lipinski definition) is 6. The number of fused-ring (bicyclic) bond motifs is 1. The lowest BCUT2D eigenvalue weighted by atomic mass is 10.0. The number of methoxy groups -OCH3 is 1. The van der Waals surface area contributed by atoms with Gasteiger partial charge in [-0.2, -0.15) is 26.9 Å². The van der Waals surface area contributed by atoms with Crippen molar-refractivity contribution >= 4 is 26.9 Å². The molecule has 0 bridgehead atoms. The van der Waals surface area contributed by atoms with Gasteiger partial charge in [0.2, 0.25) is 0 Å². The van der Waals surface area contributed by atoms with E-state index >= 15 is 0 Å². The zero-order valence-electron chi connectivity index (χ0n) is 12.2. The second kappa shape index (κ2) is 6.21. The maximum Gasteiger partial charge on any atom is 0.534 e. The molecule has 0 aliphatic heterocycles. The fourth-order valence-electron chi connectivity index (χ4n) is 1.94. The van der Waals surface area contributed by atoms with Crippen LogP contribution in [0.25, 0.3) is 10.8 Å². The van der Waals surface area contributed by atoms with Gasteiger partial charge in [-0.25, -0.2) is 9.18 Å². The highest BCUT2D eigenvalue weighted by Crippen LogP contribution is 2.36. The Bertz CT molecular complexity index is 1010. The first kappa shape index (κ1) is 18.5. The molecule has 0 aliphatic carbocycles. The highest BCUT2D eigenvalue weighted by atomic mass is 32.2. The zero-order chi connectivity index (χ0) is 19.0. The van der Waals surface area contributed by atoms with Gasteiger partial charge >= 0.3 is 21.6 Å². The van der Waals surface area contributed by atoms with Gasteiger partial charge in [-0.3, -0.25) is 0 Å². The molecule has 132 valence electrons.